The Kier molecular flexibility index (Phi) is 8.57. The van der Waals surface area contributed by atoms with Crippen molar-refractivity contribution < 1.29 is 22.4 Å². The van der Waals surface area contributed by atoms with Gasteiger partial charge in [-0.15, -0.1) is 0 Å². The molecule has 2 aromatic rings. The second-order valence-corrected chi connectivity index (χ2v) is 10.2. The maximum Gasteiger partial charge on any atom is 0.240 e. The van der Waals surface area contributed by atoms with Crippen molar-refractivity contribution in [3.8, 4) is 0 Å². The van der Waals surface area contributed by atoms with Crippen LogP contribution in [0.3, 0.4) is 0 Å². The molecule has 0 radical (unpaired) electrons. The second-order valence-electron chi connectivity index (χ2n) is 8.44. The number of sulfonamides is 1. The van der Waals surface area contributed by atoms with Gasteiger partial charge in [-0.1, -0.05) is 30.3 Å². The van der Waals surface area contributed by atoms with Gasteiger partial charge in [0.1, 0.15) is 5.82 Å². The molecule has 1 aliphatic carbocycles. The summed E-state index contributed by atoms with van der Waals surface area (Å²) in [5.41, 5.74) is 0.991. The molecule has 7 nitrogen and oxygen atoms in total. The van der Waals surface area contributed by atoms with Crippen molar-refractivity contribution in [2.45, 2.75) is 43.5 Å². The van der Waals surface area contributed by atoms with E-state index in [1.54, 1.807) is 0 Å². The van der Waals surface area contributed by atoms with Crippen molar-refractivity contribution >= 4 is 21.8 Å². The van der Waals surface area contributed by atoms with Crippen LogP contribution >= 0.6 is 0 Å². The van der Waals surface area contributed by atoms with E-state index in [1.165, 1.54) is 12.1 Å². The summed E-state index contributed by atoms with van der Waals surface area (Å²) in [5.74, 6) is -0.950. The van der Waals surface area contributed by atoms with E-state index in [9.17, 15) is 22.4 Å². The highest BCUT2D eigenvalue weighted by atomic mass is 32.2. The minimum Gasteiger partial charge on any atom is -0.348 e. The SMILES string of the molecule is CC(NC(=O)CNC(=O)C1CCC(CNS(=O)(=O)c2ccc(F)cc2)CC1)c1ccccc1. The van der Waals surface area contributed by atoms with Gasteiger partial charge in [-0.05, 0) is 68.4 Å². The molecule has 0 aromatic heterocycles. The summed E-state index contributed by atoms with van der Waals surface area (Å²) in [5, 5.41) is 5.58. The molecule has 1 saturated carbocycles. The zero-order chi connectivity index (χ0) is 23.8. The van der Waals surface area contributed by atoms with Crippen molar-refractivity contribution in [2.75, 3.05) is 13.1 Å². The third-order valence-electron chi connectivity index (χ3n) is 6.00. The lowest BCUT2D eigenvalue weighted by molar-refractivity contribution is -0.129. The molecule has 1 aliphatic rings. The molecule has 3 rings (SSSR count). The van der Waals surface area contributed by atoms with Crippen LogP contribution < -0.4 is 15.4 Å². The first-order chi connectivity index (χ1) is 15.7. The Morgan fingerprint density at radius 2 is 1.64 bits per heavy atom. The molecule has 0 heterocycles. The first-order valence-corrected chi connectivity index (χ1v) is 12.6. The first-order valence-electron chi connectivity index (χ1n) is 11.1. The summed E-state index contributed by atoms with van der Waals surface area (Å²) >= 11 is 0. The maximum absolute atomic E-state index is 13.0. The van der Waals surface area contributed by atoms with Crippen LogP contribution in [0.2, 0.25) is 0 Å². The monoisotopic (exact) mass is 475 g/mol. The summed E-state index contributed by atoms with van der Waals surface area (Å²) < 4.78 is 40.3. The largest absolute Gasteiger partial charge is 0.348 e. The van der Waals surface area contributed by atoms with E-state index in [-0.39, 0.29) is 47.7 Å². The second kappa shape index (κ2) is 11.4. The van der Waals surface area contributed by atoms with Crippen molar-refractivity contribution in [2.24, 2.45) is 11.8 Å². The lowest BCUT2D eigenvalue weighted by atomic mass is 9.81. The number of benzene rings is 2. The van der Waals surface area contributed by atoms with Crippen molar-refractivity contribution in [3.63, 3.8) is 0 Å². The van der Waals surface area contributed by atoms with E-state index >= 15 is 0 Å². The predicted octanol–water partition coefficient (Wildman–Crippen LogP) is 2.90. The molecular formula is C24H30FN3O4S. The minimum absolute atomic E-state index is 0.0248. The fraction of sp³-hybridized carbons (Fsp3) is 0.417. The fourth-order valence-electron chi connectivity index (χ4n) is 3.98. The highest BCUT2D eigenvalue weighted by Gasteiger charge is 2.27. The smallest absolute Gasteiger partial charge is 0.240 e. The molecule has 2 aromatic carbocycles. The molecule has 3 N–H and O–H groups in total. The third-order valence-corrected chi connectivity index (χ3v) is 7.44. The van der Waals surface area contributed by atoms with Crippen LogP contribution in [-0.4, -0.2) is 33.3 Å². The van der Waals surface area contributed by atoms with Crippen LogP contribution in [0, 0.1) is 17.7 Å². The summed E-state index contributed by atoms with van der Waals surface area (Å²) in [6, 6.07) is 14.1. The number of halogens is 1. The Morgan fingerprint density at radius 1 is 1.00 bits per heavy atom. The standard InChI is InChI=1S/C24H30FN3O4S/c1-17(19-5-3-2-4-6-19)28-23(29)16-26-24(30)20-9-7-18(8-10-20)15-27-33(31,32)22-13-11-21(25)12-14-22/h2-6,11-14,17-18,20,27H,7-10,15-16H2,1H3,(H,26,30)(H,28,29). The zero-order valence-corrected chi connectivity index (χ0v) is 19.4. The van der Waals surface area contributed by atoms with Gasteiger partial charge in [0.05, 0.1) is 17.5 Å². The van der Waals surface area contributed by atoms with E-state index in [0.29, 0.717) is 25.7 Å². The molecule has 0 saturated heterocycles. The van der Waals surface area contributed by atoms with Gasteiger partial charge in [-0.2, -0.15) is 0 Å². The Balaban J connectivity index is 1.37. The van der Waals surface area contributed by atoms with E-state index < -0.39 is 15.8 Å². The summed E-state index contributed by atoms with van der Waals surface area (Å²) in [7, 11) is -3.69. The molecule has 33 heavy (non-hydrogen) atoms. The number of nitrogens with one attached hydrogen (secondary N) is 3. The average Bonchev–Trinajstić information content (AvgIpc) is 2.82. The van der Waals surface area contributed by atoms with E-state index in [2.05, 4.69) is 15.4 Å². The highest BCUT2D eigenvalue weighted by Crippen LogP contribution is 2.29. The lowest BCUT2D eigenvalue weighted by Gasteiger charge is -2.28. The van der Waals surface area contributed by atoms with Crippen LogP contribution in [0.25, 0.3) is 0 Å². The average molecular weight is 476 g/mol. The molecule has 1 atom stereocenters. The van der Waals surface area contributed by atoms with Crippen molar-refractivity contribution in [1.29, 1.82) is 0 Å². The maximum atomic E-state index is 13.0. The van der Waals surface area contributed by atoms with E-state index in [1.807, 2.05) is 37.3 Å². The number of carbonyl (C=O) groups is 2. The van der Waals surface area contributed by atoms with Gasteiger partial charge in [-0.25, -0.2) is 17.5 Å². The fourth-order valence-corrected chi connectivity index (χ4v) is 5.10. The van der Waals surface area contributed by atoms with Crippen LogP contribution in [0.4, 0.5) is 4.39 Å². The number of amides is 2. The number of carbonyl (C=O) groups excluding carboxylic acids is 2. The van der Waals surface area contributed by atoms with E-state index in [0.717, 1.165) is 17.7 Å². The molecular weight excluding hydrogens is 445 g/mol. The molecule has 0 spiro atoms. The summed E-state index contributed by atoms with van der Waals surface area (Å²) in [6.45, 7) is 2.09. The Labute approximate surface area is 194 Å². The summed E-state index contributed by atoms with van der Waals surface area (Å²) in [4.78, 5) is 24.7. The third kappa shape index (κ3) is 7.36. The molecule has 0 bridgehead atoms. The van der Waals surface area contributed by atoms with Gasteiger partial charge in [0.25, 0.3) is 0 Å². The van der Waals surface area contributed by atoms with Crippen LogP contribution in [0.5, 0.6) is 0 Å². The topological polar surface area (TPSA) is 104 Å². The molecule has 1 unspecified atom stereocenters. The van der Waals surface area contributed by atoms with Crippen molar-refractivity contribution in [3.05, 3.63) is 66.0 Å². The highest BCUT2D eigenvalue weighted by molar-refractivity contribution is 7.89. The zero-order valence-electron chi connectivity index (χ0n) is 18.6. The number of hydrogen-bond donors (Lipinski definition) is 3. The molecule has 0 aliphatic heterocycles. The predicted molar refractivity (Wildman–Crippen MR) is 123 cm³/mol. The molecule has 9 heteroatoms. The van der Waals surface area contributed by atoms with Gasteiger partial charge >= 0.3 is 0 Å². The van der Waals surface area contributed by atoms with Gasteiger partial charge in [0, 0.05) is 12.5 Å². The van der Waals surface area contributed by atoms with Gasteiger partial charge in [0.15, 0.2) is 0 Å². The van der Waals surface area contributed by atoms with Crippen LogP contribution in [0.15, 0.2) is 59.5 Å². The number of rotatable bonds is 9. The van der Waals surface area contributed by atoms with E-state index in [4.69, 9.17) is 0 Å². The minimum atomic E-state index is -3.69. The van der Waals surface area contributed by atoms with Crippen LogP contribution in [0.1, 0.15) is 44.2 Å². The Morgan fingerprint density at radius 3 is 2.27 bits per heavy atom. The normalized spacial score (nSPS) is 19.5. The number of hydrogen-bond acceptors (Lipinski definition) is 4. The van der Waals surface area contributed by atoms with Crippen LogP contribution in [-0.2, 0) is 19.6 Å². The molecule has 178 valence electrons. The van der Waals surface area contributed by atoms with Gasteiger partial charge in [-0.3, -0.25) is 9.59 Å². The Hall–Kier alpha value is -2.78. The van der Waals surface area contributed by atoms with Crippen molar-refractivity contribution in [1.82, 2.24) is 15.4 Å². The van der Waals surface area contributed by atoms with Gasteiger partial charge < -0.3 is 10.6 Å². The summed E-state index contributed by atoms with van der Waals surface area (Å²) in [6.07, 6.45) is 2.69. The quantitative estimate of drug-likeness (QED) is 0.519. The molecule has 1 fully saturated rings. The lowest BCUT2D eigenvalue weighted by Crippen LogP contribution is -2.41. The molecule has 2 amide bonds. The van der Waals surface area contributed by atoms with Gasteiger partial charge in [0.2, 0.25) is 21.8 Å². The first kappa shape index (κ1) is 24.9. The Bertz CT molecular complexity index is 1040.